The van der Waals surface area contributed by atoms with E-state index in [-0.39, 0.29) is 16.5 Å². The third kappa shape index (κ3) is 1.95. The maximum absolute atomic E-state index is 14.1. The van der Waals surface area contributed by atoms with E-state index in [1.165, 1.54) is 6.07 Å². The van der Waals surface area contributed by atoms with Crippen molar-refractivity contribution in [2.45, 2.75) is 6.92 Å². The maximum atomic E-state index is 14.1. The van der Waals surface area contributed by atoms with Crippen molar-refractivity contribution in [1.82, 2.24) is 19.2 Å². The minimum Gasteiger partial charge on any atom is -0.269 e. The van der Waals surface area contributed by atoms with Gasteiger partial charge < -0.3 is 0 Å². The van der Waals surface area contributed by atoms with Gasteiger partial charge in [-0.15, -0.1) is 5.10 Å². The lowest BCUT2D eigenvalue weighted by Gasteiger charge is -2.10. The number of benzene rings is 1. The molecule has 0 bridgehead atoms. The fourth-order valence-corrected chi connectivity index (χ4v) is 2.15. The second-order valence-electron chi connectivity index (χ2n) is 4.36. The van der Waals surface area contributed by atoms with Crippen molar-refractivity contribution < 1.29 is 8.78 Å². The van der Waals surface area contributed by atoms with Crippen LogP contribution in [0.3, 0.4) is 0 Å². The Morgan fingerprint density at radius 1 is 1.24 bits per heavy atom. The molecular formula is C12H7ClF2N4O2. The SMILES string of the molecule is Cc1cc(-n2c(=O)cc(F)n3c(=O)[nH]nc23)c(F)cc1Cl. The molecule has 3 aromatic rings. The number of aromatic amines is 1. The second-order valence-corrected chi connectivity index (χ2v) is 4.76. The molecule has 0 radical (unpaired) electrons. The predicted molar refractivity (Wildman–Crippen MR) is 71.1 cm³/mol. The molecule has 21 heavy (non-hydrogen) atoms. The standard InChI is InChI=1S/C12H7ClF2N4O2/c1-5-2-8(7(14)3-6(5)13)18-10(20)4-9(15)19-11(18)16-17-12(19)21/h2-4H,1H3,(H,17,21). The average molecular weight is 313 g/mol. The topological polar surface area (TPSA) is 72.2 Å². The van der Waals surface area contributed by atoms with Gasteiger partial charge in [0.05, 0.1) is 11.8 Å². The van der Waals surface area contributed by atoms with Crippen LogP contribution in [0.2, 0.25) is 5.02 Å². The van der Waals surface area contributed by atoms with Gasteiger partial charge in [-0.25, -0.2) is 23.3 Å². The van der Waals surface area contributed by atoms with Gasteiger partial charge in [-0.2, -0.15) is 4.39 Å². The van der Waals surface area contributed by atoms with Crippen molar-refractivity contribution in [2.75, 3.05) is 0 Å². The lowest BCUT2D eigenvalue weighted by atomic mass is 10.2. The number of aromatic nitrogens is 4. The first-order valence-corrected chi connectivity index (χ1v) is 6.12. The smallest absolute Gasteiger partial charge is 0.269 e. The predicted octanol–water partition coefficient (Wildman–Crippen LogP) is 1.41. The van der Waals surface area contributed by atoms with E-state index >= 15 is 0 Å². The van der Waals surface area contributed by atoms with Crippen molar-refractivity contribution in [3.63, 3.8) is 0 Å². The Kier molecular flexibility index (Phi) is 2.91. The maximum Gasteiger partial charge on any atom is 0.351 e. The van der Waals surface area contributed by atoms with Crippen molar-refractivity contribution in [3.05, 3.63) is 61.4 Å². The molecule has 9 heteroatoms. The van der Waals surface area contributed by atoms with Gasteiger partial charge in [0.25, 0.3) is 5.56 Å². The van der Waals surface area contributed by atoms with E-state index in [2.05, 4.69) is 5.10 Å². The van der Waals surface area contributed by atoms with Gasteiger partial charge >= 0.3 is 5.69 Å². The van der Waals surface area contributed by atoms with Gasteiger partial charge in [0, 0.05) is 5.02 Å². The minimum atomic E-state index is -1.09. The lowest BCUT2D eigenvalue weighted by Crippen LogP contribution is -2.25. The summed E-state index contributed by atoms with van der Waals surface area (Å²) in [5, 5.41) is 5.75. The molecule has 1 N–H and O–H groups in total. The molecule has 0 aliphatic carbocycles. The van der Waals surface area contributed by atoms with Crippen molar-refractivity contribution in [2.24, 2.45) is 0 Å². The zero-order valence-corrected chi connectivity index (χ0v) is 11.3. The van der Waals surface area contributed by atoms with Crippen LogP contribution in [0.15, 0.2) is 27.8 Å². The summed E-state index contributed by atoms with van der Waals surface area (Å²) in [4.78, 5) is 23.4. The van der Waals surface area contributed by atoms with Crippen molar-refractivity contribution in [3.8, 4) is 5.69 Å². The molecule has 0 aliphatic heterocycles. The van der Waals surface area contributed by atoms with Gasteiger partial charge in [-0.3, -0.25) is 4.79 Å². The number of halogens is 3. The number of H-pyrrole nitrogens is 1. The number of aryl methyl sites for hydroxylation is 1. The highest BCUT2D eigenvalue weighted by molar-refractivity contribution is 6.31. The first-order chi connectivity index (χ1) is 9.90. The van der Waals surface area contributed by atoms with E-state index in [1.54, 1.807) is 6.92 Å². The molecule has 0 aliphatic rings. The van der Waals surface area contributed by atoms with Crippen LogP contribution >= 0.6 is 11.6 Å². The van der Waals surface area contributed by atoms with Crippen LogP contribution in [0.4, 0.5) is 8.78 Å². The van der Waals surface area contributed by atoms with E-state index < -0.39 is 23.0 Å². The van der Waals surface area contributed by atoms with Gasteiger partial charge in [0.1, 0.15) is 5.82 Å². The summed E-state index contributed by atoms with van der Waals surface area (Å²) < 4.78 is 29.0. The molecule has 0 amide bonds. The second kappa shape index (κ2) is 4.52. The van der Waals surface area contributed by atoms with Crippen LogP contribution in [0.5, 0.6) is 0 Å². The summed E-state index contributed by atoms with van der Waals surface area (Å²) in [5.74, 6) is -2.24. The van der Waals surface area contributed by atoms with Crippen LogP contribution in [0.25, 0.3) is 11.5 Å². The normalized spacial score (nSPS) is 11.2. The summed E-state index contributed by atoms with van der Waals surface area (Å²) in [7, 11) is 0. The highest BCUT2D eigenvalue weighted by Gasteiger charge is 2.17. The Labute approximate surface area is 120 Å². The molecular weight excluding hydrogens is 306 g/mol. The Bertz CT molecular complexity index is 989. The third-order valence-electron chi connectivity index (χ3n) is 3.00. The summed E-state index contributed by atoms with van der Waals surface area (Å²) >= 11 is 5.80. The Morgan fingerprint density at radius 3 is 2.67 bits per heavy atom. The summed E-state index contributed by atoms with van der Waals surface area (Å²) in [6.07, 6.45) is 0. The fourth-order valence-electron chi connectivity index (χ4n) is 2.00. The molecule has 0 spiro atoms. The molecule has 6 nitrogen and oxygen atoms in total. The van der Waals surface area contributed by atoms with Crippen LogP contribution in [0, 0.1) is 18.7 Å². The monoisotopic (exact) mass is 312 g/mol. The van der Waals surface area contributed by atoms with Crippen molar-refractivity contribution in [1.29, 1.82) is 0 Å². The molecule has 2 aromatic heterocycles. The van der Waals surface area contributed by atoms with Gasteiger partial charge in [0.15, 0.2) is 0 Å². The molecule has 1 aromatic carbocycles. The molecule has 0 fully saturated rings. The van der Waals surface area contributed by atoms with E-state index in [4.69, 9.17) is 11.6 Å². The van der Waals surface area contributed by atoms with Crippen LogP contribution in [-0.2, 0) is 0 Å². The van der Waals surface area contributed by atoms with Gasteiger partial charge in [-0.05, 0) is 24.6 Å². The zero-order chi connectivity index (χ0) is 15.3. The molecule has 0 atom stereocenters. The molecule has 0 saturated carbocycles. The quantitative estimate of drug-likeness (QED) is 0.691. The highest BCUT2D eigenvalue weighted by atomic mass is 35.5. The molecule has 0 saturated heterocycles. The summed E-state index contributed by atoms with van der Waals surface area (Å²) in [6.45, 7) is 1.62. The van der Waals surface area contributed by atoms with E-state index in [0.717, 1.165) is 10.6 Å². The van der Waals surface area contributed by atoms with Crippen LogP contribution in [-0.4, -0.2) is 19.2 Å². The first kappa shape index (κ1) is 13.5. The molecule has 3 rings (SSSR count). The summed E-state index contributed by atoms with van der Waals surface area (Å²) in [6, 6.07) is 2.92. The summed E-state index contributed by atoms with van der Waals surface area (Å²) in [5.41, 5.74) is -1.40. The zero-order valence-electron chi connectivity index (χ0n) is 10.5. The number of nitrogens with one attached hydrogen (secondary N) is 1. The first-order valence-electron chi connectivity index (χ1n) is 5.75. The van der Waals surface area contributed by atoms with Gasteiger partial charge in [0.2, 0.25) is 11.7 Å². The largest absolute Gasteiger partial charge is 0.351 e. The van der Waals surface area contributed by atoms with Crippen LogP contribution < -0.4 is 11.2 Å². The highest BCUT2D eigenvalue weighted by Crippen LogP contribution is 2.22. The van der Waals surface area contributed by atoms with E-state index in [9.17, 15) is 18.4 Å². The molecule has 2 heterocycles. The Morgan fingerprint density at radius 2 is 1.95 bits per heavy atom. The molecule has 0 unspecified atom stereocenters. The Balaban J connectivity index is 2.49. The number of nitrogens with zero attached hydrogens (tertiary/aromatic N) is 3. The van der Waals surface area contributed by atoms with Crippen molar-refractivity contribution >= 4 is 17.4 Å². The number of hydrogen-bond acceptors (Lipinski definition) is 3. The molecule has 108 valence electrons. The number of fused-ring (bicyclic) bond motifs is 1. The van der Waals surface area contributed by atoms with Gasteiger partial charge in [-0.1, -0.05) is 11.6 Å². The van der Waals surface area contributed by atoms with Crippen LogP contribution in [0.1, 0.15) is 5.56 Å². The number of hydrogen-bond donors (Lipinski definition) is 1. The fraction of sp³-hybridized carbons (Fsp3) is 0.0833. The number of rotatable bonds is 1. The Hall–Kier alpha value is -2.48. The van der Waals surface area contributed by atoms with E-state index in [0.29, 0.717) is 16.0 Å². The third-order valence-corrected chi connectivity index (χ3v) is 3.41. The minimum absolute atomic E-state index is 0.175. The lowest BCUT2D eigenvalue weighted by molar-refractivity contribution is 0.549. The average Bonchev–Trinajstić information content (AvgIpc) is 2.78. The van der Waals surface area contributed by atoms with E-state index in [1.807, 2.05) is 5.10 Å².